The smallest absolute Gasteiger partial charge is 0.164 e. The monoisotopic (exact) mass is 869 g/mol. The molecule has 0 amide bonds. The first-order chi connectivity index (χ1) is 33.7. The Bertz CT molecular complexity index is 3990. The van der Waals surface area contributed by atoms with Crippen molar-refractivity contribution in [1.29, 1.82) is 0 Å². The number of aromatic nitrogens is 3. The highest BCUT2D eigenvalue weighted by Crippen LogP contribution is 2.50. The lowest BCUT2D eigenvalue weighted by Gasteiger charge is -2.24. The first kappa shape index (κ1) is 39.2. The van der Waals surface area contributed by atoms with Crippen LogP contribution in [0.4, 0.5) is 0 Å². The van der Waals surface area contributed by atoms with Crippen molar-refractivity contribution < 1.29 is 8.83 Å². The van der Waals surface area contributed by atoms with Gasteiger partial charge < -0.3 is 8.83 Å². The number of benzene rings is 10. The topological polar surface area (TPSA) is 65.0 Å². The summed E-state index contributed by atoms with van der Waals surface area (Å²) in [4.78, 5) is 15.7. The molecule has 0 saturated heterocycles. The molecule has 13 aromatic rings. The molecule has 0 N–H and O–H groups in total. The van der Waals surface area contributed by atoms with Crippen LogP contribution in [0.1, 0.15) is 0 Å². The Morgan fingerprint density at radius 1 is 0.235 bits per heavy atom. The van der Waals surface area contributed by atoms with Crippen molar-refractivity contribution in [3.63, 3.8) is 0 Å². The first-order valence-electron chi connectivity index (χ1n) is 22.8. The fourth-order valence-corrected chi connectivity index (χ4v) is 9.84. The van der Waals surface area contributed by atoms with Gasteiger partial charge in [0.1, 0.15) is 22.3 Å². The van der Waals surface area contributed by atoms with Gasteiger partial charge in [-0.25, -0.2) is 15.0 Å². The zero-order valence-corrected chi connectivity index (χ0v) is 36.7. The highest BCUT2D eigenvalue weighted by molar-refractivity contribution is 6.12. The van der Waals surface area contributed by atoms with Crippen molar-refractivity contribution in [1.82, 2.24) is 15.0 Å². The molecule has 5 nitrogen and oxygen atoms in total. The standard InChI is InChI=1S/C63H39N3O2/c1-5-18-40(19-6-1)51-39-52(58(43-22-9-3-10-23-43)59(44-24-11-4-12-25-44)57(51)42-20-7-2-8-21-42)41-32-34-45(35-33-41)61-64-62(46-36-37-48-47-26-13-15-29-53(47)68-56(48)38-46)66-63(65-61)50-28-17-31-55-60(50)49-27-14-16-30-54(49)67-55/h1-39H. The van der Waals surface area contributed by atoms with E-state index in [4.69, 9.17) is 23.8 Å². The summed E-state index contributed by atoms with van der Waals surface area (Å²) in [6.45, 7) is 0. The maximum absolute atomic E-state index is 6.36. The fourth-order valence-electron chi connectivity index (χ4n) is 9.84. The predicted octanol–water partition coefficient (Wildman–Crippen LogP) is 17.0. The number of furan rings is 2. The van der Waals surface area contributed by atoms with Crippen LogP contribution in [0.15, 0.2) is 245 Å². The Labute approximate surface area is 392 Å². The van der Waals surface area contributed by atoms with Crippen LogP contribution in [0.2, 0.25) is 0 Å². The maximum Gasteiger partial charge on any atom is 0.164 e. The number of nitrogens with zero attached hydrogens (tertiary/aromatic N) is 3. The molecule has 68 heavy (non-hydrogen) atoms. The van der Waals surface area contributed by atoms with Gasteiger partial charge in [0.05, 0.1) is 0 Å². The summed E-state index contributed by atoms with van der Waals surface area (Å²) in [5.41, 5.74) is 17.2. The summed E-state index contributed by atoms with van der Waals surface area (Å²) in [5.74, 6) is 1.66. The Hall–Kier alpha value is -9.19. The van der Waals surface area contributed by atoms with Crippen LogP contribution in [0.25, 0.3) is 134 Å². The molecular formula is C63H39N3O2. The lowest BCUT2D eigenvalue weighted by molar-refractivity contribution is 0.668. The Morgan fingerprint density at radius 3 is 1.29 bits per heavy atom. The van der Waals surface area contributed by atoms with Gasteiger partial charge in [-0.05, 0) is 92.0 Å². The third-order valence-electron chi connectivity index (χ3n) is 13.0. The number of fused-ring (bicyclic) bond motifs is 6. The van der Waals surface area contributed by atoms with E-state index in [-0.39, 0.29) is 0 Å². The Morgan fingerprint density at radius 2 is 0.662 bits per heavy atom. The summed E-state index contributed by atoms with van der Waals surface area (Å²) in [7, 11) is 0. The first-order valence-corrected chi connectivity index (χ1v) is 22.8. The summed E-state index contributed by atoms with van der Waals surface area (Å²) in [5, 5.41) is 4.08. The van der Waals surface area contributed by atoms with E-state index in [2.05, 4.69) is 182 Å². The second kappa shape index (κ2) is 16.4. The second-order valence-electron chi connectivity index (χ2n) is 17.0. The zero-order valence-electron chi connectivity index (χ0n) is 36.7. The summed E-state index contributed by atoms with van der Waals surface area (Å²) < 4.78 is 12.7. The molecule has 0 bridgehead atoms. The van der Waals surface area contributed by atoms with E-state index in [1.54, 1.807) is 0 Å². The van der Waals surface area contributed by atoms with Gasteiger partial charge in [0.15, 0.2) is 17.5 Å². The molecule has 0 spiro atoms. The van der Waals surface area contributed by atoms with Crippen LogP contribution in [-0.4, -0.2) is 15.0 Å². The molecule has 0 fully saturated rings. The number of hydrogen-bond acceptors (Lipinski definition) is 5. The van der Waals surface area contributed by atoms with Crippen molar-refractivity contribution in [2.75, 3.05) is 0 Å². The minimum absolute atomic E-state index is 0.545. The molecule has 0 aliphatic heterocycles. The van der Waals surface area contributed by atoms with E-state index in [9.17, 15) is 0 Å². The van der Waals surface area contributed by atoms with Gasteiger partial charge in [-0.1, -0.05) is 200 Å². The average Bonchev–Trinajstić information content (AvgIpc) is 3.99. The molecule has 0 unspecified atom stereocenters. The normalized spacial score (nSPS) is 11.5. The van der Waals surface area contributed by atoms with Crippen LogP contribution in [-0.2, 0) is 0 Å². The van der Waals surface area contributed by atoms with Gasteiger partial charge in [0.25, 0.3) is 0 Å². The van der Waals surface area contributed by atoms with E-state index >= 15 is 0 Å². The third kappa shape index (κ3) is 6.76. The molecule has 13 rings (SSSR count). The quantitative estimate of drug-likeness (QED) is 0.152. The highest BCUT2D eigenvalue weighted by atomic mass is 16.3. The molecule has 0 radical (unpaired) electrons. The molecule has 0 atom stereocenters. The zero-order chi connectivity index (χ0) is 45.0. The van der Waals surface area contributed by atoms with Crippen molar-refractivity contribution >= 4 is 43.9 Å². The molecule has 3 aromatic heterocycles. The van der Waals surface area contributed by atoms with E-state index in [1.807, 2.05) is 54.6 Å². The Balaban J connectivity index is 1.03. The molecule has 5 heteroatoms. The predicted molar refractivity (Wildman–Crippen MR) is 278 cm³/mol. The average molecular weight is 870 g/mol. The lowest BCUT2D eigenvalue weighted by atomic mass is 9.79. The van der Waals surface area contributed by atoms with Gasteiger partial charge in [0, 0.05) is 38.2 Å². The van der Waals surface area contributed by atoms with Crippen LogP contribution < -0.4 is 0 Å². The molecule has 3 heterocycles. The van der Waals surface area contributed by atoms with Gasteiger partial charge in [-0.15, -0.1) is 0 Å². The van der Waals surface area contributed by atoms with Crippen LogP contribution in [0.5, 0.6) is 0 Å². The number of hydrogen-bond donors (Lipinski definition) is 0. The molecule has 0 saturated carbocycles. The van der Waals surface area contributed by atoms with E-state index in [0.29, 0.717) is 17.5 Å². The number of rotatable bonds is 8. The minimum atomic E-state index is 0.545. The van der Waals surface area contributed by atoms with Gasteiger partial charge in [0.2, 0.25) is 0 Å². The van der Waals surface area contributed by atoms with E-state index < -0.39 is 0 Å². The lowest BCUT2D eigenvalue weighted by Crippen LogP contribution is -2.01. The maximum atomic E-state index is 6.36. The van der Waals surface area contributed by atoms with E-state index in [0.717, 1.165) is 105 Å². The van der Waals surface area contributed by atoms with Crippen LogP contribution in [0.3, 0.4) is 0 Å². The van der Waals surface area contributed by atoms with Crippen molar-refractivity contribution in [3.8, 4) is 89.8 Å². The largest absolute Gasteiger partial charge is 0.456 e. The molecular weight excluding hydrogens is 831 g/mol. The van der Waals surface area contributed by atoms with Gasteiger partial charge in [-0.2, -0.15) is 0 Å². The summed E-state index contributed by atoms with van der Waals surface area (Å²) >= 11 is 0. The number of para-hydroxylation sites is 2. The fraction of sp³-hybridized carbons (Fsp3) is 0. The summed E-state index contributed by atoms with van der Waals surface area (Å²) in [6.07, 6.45) is 0. The van der Waals surface area contributed by atoms with E-state index in [1.165, 1.54) is 11.1 Å². The van der Waals surface area contributed by atoms with Gasteiger partial charge >= 0.3 is 0 Å². The van der Waals surface area contributed by atoms with Crippen LogP contribution in [0, 0.1) is 0 Å². The highest BCUT2D eigenvalue weighted by Gasteiger charge is 2.24. The Kier molecular flexibility index (Phi) is 9.43. The van der Waals surface area contributed by atoms with Crippen molar-refractivity contribution in [2.24, 2.45) is 0 Å². The minimum Gasteiger partial charge on any atom is -0.456 e. The van der Waals surface area contributed by atoms with Crippen LogP contribution >= 0.6 is 0 Å². The molecule has 318 valence electrons. The molecule has 10 aromatic carbocycles. The SMILES string of the molecule is c1ccc(-c2cc(-c3ccc(-c4nc(-c5ccc6c(c5)oc5ccccc56)nc(-c5cccc6oc7ccccc7c56)n4)cc3)c(-c3ccccc3)c(-c3ccccc3)c2-c2ccccc2)cc1. The van der Waals surface area contributed by atoms with Gasteiger partial charge in [-0.3, -0.25) is 0 Å². The second-order valence-corrected chi connectivity index (χ2v) is 17.0. The molecule has 0 aliphatic carbocycles. The van der Waals surface area contributed by atoms with Crippen molar-refractivity contribution in [2.45, 2.75) is 0 Å². The molecule has 0 aliphatic rings. The summed E-state index contributed by atoms with van der Waals surface area (Å²) in [6, 6.07) is 82.6. The van der Waals surface area contributed by atoms with Crippen molar-refractivity contribution in [3.05, 3.63) is 237 Å². The third-order valence-corrected chi connectivity index (χ3v) is 13.0.